The first kappa shape index (κ1) is 13.1. The van der Waals surface area contributed by atoms with Gasteiger partial charge in [0.1, 0.15) is 26.2 Å². The number of aliphatic hydroxyl groups is 1. The molecular weight excluding hydrogens is 226 g/mol. The third-order valence-corrected chi connectivity index (χ3v) is 2.73. The van der Waals surface area contributed by atoms with Gasteiger partial charge in [-0.1, -0.05) is 0 Å². The van der Waals surface area contributed by atoms with Crippen molar-refractivity contribution < 1.29 is 33.5 Å². The van der Waals surface area contributed by atoms with Gasteiger partial charge in [-0.25, -0.2) is 4.57 Å². The second-order valence-corrected chi connectivity index (χ2v) is 4.60. The SMILES string of the molecule is B[C@@H]1O[C@H](COP(=O)(O)O)[C@@H](O)[C@H]1OC. The van der Waals surface area contributed by atoms with Crippen molar-refractivity contribution in [3.05, 3.63) is 0 Å². The Morgan fingerprint density at radius 1 is 1.53 bits per heavy atom. The van der Waals surface area contributed by atoms with Gasteiger partial charge in [-0.3, -0.25) is 4.52 Å². The predicted molar refractivity (Wildman–Crippen MR) is 52.0 cm³/mol. The van der Waals surface area contributed by atoms with E-state index >= 15 is 0 Å². The molecule has 1 aliphatic heterocycles. The number of rotatable bonds is 4. The van der Waals surface area contributed by atoms with Crippen LogP contribution in [0.15, 0.2) is 0 Å². The summed E-state index contributed by atoms with van der Waals surface area (Å²) in [5.41, 5.74) is 0. The van der Waals surface area contributed by atoms with E-state index in [4.69, 9.17) is 19.3 Å². The zero-order valence-electron chi connectivity index (χ0n) is 8.44. The first-order chi connectivity index (χ1) is 6.85. The molecule has 4 atom stereocenters. The lowest BCUT2D eigenvalue weighted by Crippen LogP contribution is -2.35. The van der Waals surface area contributed by atoms with Gasteiger partial charge in [0.15, 0.2) is 0 Å². The molecule has 1 fully saturated rings. The van der Waals surface area contributed by atoms with Gasteiger partial charge in [-0.15, -0.1) is 0 Å². The maximum Gasteiger partial charge on any atom is 0.469 e. The smallest absolute Gasteiger partial charge is 0.388 e. The first-order valence-corrected chi connectivity index (χ1v) is 5.94. The molecule has 0 aromatic carbocycles. The molecule has 1 heterocycles. The van der Waals surface area contributed by atoms with Gasteiger partial charge >= 0.3 is 7.82 Å². The highest BCUT2D eigenvalue weighted by Gasteiger charge is 2.42. The summed E-state index contributed by atoms with van der Waals surface area (Å²) >= 11 is 0. The molecule has 0 spiro atoms. The van der Waals surface area contributed by atoms with Crippen LogP contribution in [0.5, 0.6) is 0 Å². The van der Waals surface area contributed by atoms with Crippen molar-refractivity contribution in [2.45, 2.75) is 24.3 Å². The van der Waals surface area contributed by atoms with Crippen molar-refractivity contribution in [2.75, 3.05) is 13.7 Å². The normalized spacial score (nSPS) is 37.1. The molecule has 3 N–H and O–H groups in total. The van der Waals surface area contributed by atoms with Crippen LogP contribution in [0.4, 0.5) is 0 Å². The maximum atomic E-state index is 10.4. The summed E-state index contributed by atoms with van der Waals surface area (Å²) in [7, 11) is -1.39. The van der Waals surface area contributed by atoms with Crippen LogP contribution < -0.4 is 0 Å². The second kappa shape index (κ2) is 4.92. The molecule has 0 bridgehead atoms. The fourth-order valence-electron chi connectivity index (χ4n) is 1.56. The minimum absolute atomic E-state index is 0.338. The fourth-order valence-corrected chi connectivity index (χ4v) is 1.90. The topological polar surface area (TPSA) is 105 Å². The Kier molecular flexibility index (Phi) is 4.31. The summed E-state index contributed by atoms with van der Waals surface area (Å²) < 4.78 is 24.9. The number of phosphoric acid groups is 1. The van der Waals surface area contributed by atoms with Crippen LogP contribution in [-0.4, -0.2) is 60.8 Å². The van der Waals surface area contributed by atoms with Gasteiger partial charge in [0.2, 0.25) is 0 Å². The first-order valence-electron chi connectivity index (χ1n) is 4.41. The van der Waals surface area contributed by atoms with Crippen molar-refractivity contribution in [2.24, 2.45) is 0 Å². The molecule has 0 radical (unpaired) electrons. The van der Waals surface area contributed by atoms with Crippen LogP contribution in [-0.2, 0) is 18.6 Å². The van der Waals surface area contributed by atoms with Crippen molar-refractivity contribution in [1.29, 1.82) is 0 Å². The number of methoxy groups -OCH3 is 1. The Balaban J connectivity index is 2.48. The largest absolute Gasteiger partial charge is 0.469 e. The number of hydrogen-bond acceptors (Lipinski definition) is 5. The second-order valence-electron chi connectivity index (χ2n) is 3.36. The number of phosphoric ester groups is 1. The van der Waals surface area contributed by atoms with E-state index in [1.165, 1.54) is 7.11 Å². The highest BCUT2D eigenvalue weighted by Crippen LogP contribution is 2.37. The Morgan fingerprint density at radius 2 is 2.13 bits per heavy atom. The zero-order valence-corrected chi connectivity index (χ0v) is 9.33. The Hall–Kier alpha value is 0.0549. The Bertz CT molecular complexity index is 256. The van der Waals surface area contributed by atoms with Gasteiger partial charge < -0.3 is 24.4 Å². The van der Waals surface area contributed by atoms with Crippen LogP contribution in [0.25, 0.3) is 0 Å². The predicted octanol–water partition coefficient (Wildman–Crippen LogP) is -2.17. The van der Waals surface area contributed by atoms with Crippen molar-refractivity contribution in [1.82, 2.24) is 0 Å². The zero-order chi connectivity index (χ0) is 11.6. The van der Waals surface area contributed by atoms with E-state index in [0.717, 1.165) is 0 Å². The molecule has 1 rings (SSSR count). The molecule has 0 aliphatic carbocycles. The lowest BCUT2D eigenvalue weighted by atomic mass is 9.93. The molecule has 1 saturated heterocycles. The molecule has 0 saturated carbocycles. The number of hydrogen-bond donors (Lipinski definition) is 3. The molecule has 88 valence electrons. The average Bonchev–Trinajstić information content (AvgIpc) is 2.37. The van der Waals surface area contributed by atoms with Gasteiger partial charge in [0, 0.05) is 7.11 Å². The van der Waals surface area contributed by atoms with E-state index in [1.54, 1.807) is 7.85 Å². The van der Waals surface area contributed by atoms with Crippen LogP contribution in [0.1, 0.15) is 0 Å². The van der Waals surface area contributed by atoms with Gasteiger partial charge in [-0.2, -0.15) is 0 Å². The summed E-state index contributed by atoms with van der Waals surface area (Å²) in [6.07, 6.45) is -2.23. The summed E-state index contributed by atoms with van der Waals surface area (Å²) in [6, 6.07) is -0.338. The van der Waals surface area contributed by atoms with Gasteiger partial charge in [0.05, 0.1) is 12.6 Å². The molecule has 0 unspecified atom stereocenters. The molecule has 0 aromatic rings. The van der Waals surface area contributed by atoms with E-state index in [1.807, 2.05) is 0 Å². The van der Waals surface area contributed by atoms with Crippen LogP contribution in [0.3, 0.4) is 0 Å². The Morgan fingerprint density at radius 3 is 2.53 bits per heavy atom. The summed E-state index contributed by atoms with van der Waals surface area (Å²) in [5, 5.41) is 9.63. The average molecular weight is 240 g/mol. The maximum absolute atomic E-state index is 10.4. The Labute approximate surface area is 88.0 Å². The minimum atomic E-state index is -4.52. The monoisotopic (exact) mass is 240 g/mol. The quantitative estimate of drug-likeness (QED) is 0.379. The fraction of sp³-hybridized carbons (Fsp3) is 1.00. The van der Waals surface area contributed by atoms with Crippen molar-refractivity contribution in [3.63, 3.8) is 0 Å². The molecule has 7 nitrogen and oxygen atoms in total. The van der Waals surface area contributed by atoms with E-state index in [-0.39, 0.29) is 12.6 Å². The van der Waals surface area contributed by atoms with Crippen LogP contribution in [0.2, 0.25) is 0 Å². The minimum Gasteiger partial charge on any atom is -0.388 e. The molecular formula is C6H14BO7P. The van der Waals surface area contributed by atoms with Crippen molar-refractivity contribution in [3.8, 4) is 0 Å². The van der Waals surface area contributed by atoms with Crippen LogP contribution in [0, 0.1) is 0 Å². The molecule has 0 aromatic heterocycles. The number of aliphatic hydroxyl groups excluding tert-OH is 1. The standard InChI is InChI=1S/C6H14BO7P/c1-12-5-4(8)3(14-6(5)7)2-13-15(9,10)11/h3-6,8H,2,7H2,1H3,(H2,9,10,11)/t3-,4-,5-,6-/m1/s1. The third kappa shape index (κ3) is 3.53. The summed E-state index contributed by atoms with van der Waals surface area (Å²) in [4.78, 5) is 16.9. The summed E-state index contributed by atoms with van der Waals surface area (Å²) in [6.45, 7) is -0.365. The van der Waals surface area contributed by atoms with Gasteiger partial charge in [0.25, 0.3) is 0 Å². The molecule has 1 aliphatic rings. The molecule has 15 heavy (non-hydrogen) atoms. The van der Waals surface area contributed by atoms with Crippen molar-refractivity contribution >= 4 is 15.7 Å². The summed E-state index contributed by atoms with van der Waals surface area (Å²) in [5.74, 6) is 0. The van der Waals surface area contributed by atoms with E-state index < -0.39 is 26.1 Å². The number of ether oxygens (including phenoxy) is 2. The third-order valence-electron chi connectivity index (χ3n) is 2.25. The van der Waals surface area contributed by atoms with E-state index in [9.17, 15) is 9.67 Å². The van der Waals surface area contributed by atoms with Gasteiger partial charge in [-0.05, 0) is 0 Å². The highest BCUT2D eigenvalue weighted by atomic mass is 31.2. The van der Waals surface area contributed by atoms with Crippen LogP contribution >= 0.6 is 7.82 Å². The highest BCUT2D eigenvalue weighted by molar-refractivity contribution is 7.46. The lowest BCUT2D eigenvalue weighted by molar-refractivity contribution is -0.0143. The molecule has 9 heteroatoms. The van der Waals surface area contributed by atoms with E-state index in [0.29, 0.717) is 0 Å². The lowest BCUT2D eigenvalue weighted by Gasteiger charge is -2.16. The van der Waals surface area contributed by atoms with E-state index in [2.05, 4.69) is 4.52 Å². The molecule has 0 amide bonds.